The number of thioether (sulfide) groups is 1. The van der Waals surface area contributed by atoms with Crippen molar-refractivity contribution in [3.8, 4) is 0 Å². The molecular weight excluding hydrogens is 380 g/mol. The zero-order valence-corrected chi connectivity index (χ0v) is 17.0. The smallest absolute Gasteiger partial charge is 0.243 e. The minimum absolute atomic E-state index is 0.299. The van der Waals surface area contributed by atoms with E-state index in [4.69, 9.17) is 11.6 Å². The molecule has 25 heavy (non-hydrogen) atoms. The molecule has 1 aromatic carbocycles. The Morgan fingerprint density at radius 2 is 1.92 bits per heavy atom. The van der Waals surface area contributed by atoms with Crippen molar-refractivity contribution in [1.29, 1.82) is 0 Å². The molecule has 0 spiro atoms. The van der Waals surface area contributed by atoms with Gasteiger partial charge in [-0.1, -0.05) is 24.4 Å². The molecule has 0 saturated heterocycles. The first kappa shape index (κ1) is 20.4. The van der Waals surface area contributed by atoms with E-state index >= 15 is 0 Å². The van der Waals surface area contributed by atoms with Crippen molar-refractivity contribution in [1.82, 2.24) is 5.32 Å². The van der Waals surface area contributed by atoms with Gasteiger partial charge in [-0.2, -0.15) is 11.8 Å². The van der Waals surface area contributed by atoms with Crippen LogP contribution in [0.2, 0.25) is 5.02 Å². The third-order valence-corrected chi connectivity index (χ3v) is 7.10. The molecule has 1 saturated carbocycles. The molecule has 8 heteroatoms. The van der Waals surface area contributed by atoms with E-state index in [1.54, 1.807) is 31.2 Å². The summed E-state index contributed by atoms with van der Waals surface area (Å²) in [7, 11) is -3.59. The lowest BCUT2D eigenvalue weighted by Gasteiger charge is -2.28. The minimum Gasteiger partial charge on any atom is -0.353 e. The summed E-state index contributed by atoms with van der Waals surface area (Å²) < 4.78 is 25.5. The summed E-state index contributed by atoms with van der Waals surface area (Å²) in [4.78, 5) is 12.4. The molecule has 0 bridgehead atoms. The Hall–Kier alpha value is -0.920. The molecule has 1 aliphatic rings. The van der Waals surface area contributed by atoms with Crippen molar-refractivity contribution in [3.05, 3.63) is 29.3 Å². The maximum Gasteiger partial charge on any atom is 0.243 e. The molecule has 0 radical (unpaired) electrons. The second-order valence-corrected chi connectivity index (χ2v) is 9.98. The zero-order valence-electron chi connectivity index (χ0n) is 14.6. The first-order valence-electron chi connectivity index (χ1n) is 8.43. The average Bonchev–Trinajstić information content (AvgIpc) is 3.05. The fraction of sp³-hybridized carbons (Fsp3) is 0.588. The van der Waals surface area contributed by atoms with E-state index in [2.05, 4.69) is 5.32 Å². The standard InChI is InChI=1S/C17H25ClN2O3S2/c1-13(17(21)19-11-12-24-16-5-3-4-6-16)20(25(2,22)23)15-9-7-14(18)8-10-15/h7-10,13,16H,3-6,11-12H2,1-2H3,(H,19,21)/t13-/m0/s1. The predicted octanol–water partition coefficient (Wildman–Crippen LogP) is 3.29. The lowest BCUT2D eigenvalue weighted by atomic mass is 10.2. The first-order chi connectivity index (χ1) is 11.8. The zero-order chi connectivity index (χ0) is 18.4. The number of nitrogens with zero attached hydrogens (tertiary/aromatic N) is 1. The predicted molar refractivity (Wildman–Crippen MR) is 106 cm³/mol. The number of rotatable bonds is 8. The molecule has 0 unspecified atom stereocenters. The highest BCUT2D eigenvalue weighted by Gasteiger charge is 2.28. The number of carbonyl (C=O) groups excluding carboxylic acids is 1. The van der Waals surface area contributed by atoms with Gasteiger partial charge in [0.1, 0.15) is 6.04 Å². The summed E-state index contributed by atoms with van der Waals surface area (Å²) >= 11 is 7.75. The van der Waals surface area contributed by atoms with Gasteiger partial charge in [-0.3, -0.25) is 9.10 Å². The Kier molecular flexibility index (Phi) is 7.46. The lowest BCUT2D eigenvalue weighted by Crippen LogP contribution is -2.48. The number of amides is 1. The van der Waals surface area contributed by atoms with Crippen LogP contribution >= 0.6 is 23.4 Å². The Balaban J connectivity index is 1.94. The Morgan fingerprint density at radius 1 is 1.32 bits per heavy atom. The maximum atomic E-state index is 12.4. The Bertz CT molecular complexity index is 674. The Morgan fingerprint density at radius 3 is 2.48 bits per heavy atom. The van der Waals surface area contributed by atoms with Crippen LogP contribution in [0, 0.1) is 0 Å². The molecule has 0 heterocycles. The van der Waals surface area contributed by atoms with Crippen LogP contribution in [0.3, 0.4) is 0 Å². The van der Waals surface area contributed by atoms with Crippen LogP contribution in [0.25, 0.3) is 0 Å². The molecule has 1 aromatic rings. The molecule has 0 aliphatic heterocycles. The van der Waals surface area contributed by atoms with Gasteiger partial charge in [0, 0.05) is 22.6 Å². The molecule has 1 atom stereocenters. The summed E-state index contributed by atoms with van der Waals surface area (Å²) in [6.45, 7) is 2.14. The molecule has 0 aromatic heterocycles. The summed E-state index contributed by atoms with van der Waals surface area (Å²) in [6.07, 6.45) is 6.21. The number of anilines is 1. The lowest BCUT2D eigenvalue weighted by molar-refractivity contribution is -0.121. The van der Waals surface area contributed by atoms with Gasteiger partial charge in [0.2, 0.25) is 15.9 Å². The van der Waals surface area contributed by atoms with Crippen LogP contribution in [0.1, 0.15) is 32.6 Å². The van der Waals surface area contributed by atoms with Crippen LogP contribution in [-0.4, -0.2) is 44.2 Å². The van der Waals surface area contributed by atoms with Crippen LogP contribution in [0.4, 0.5) is 5.69 Å². The molecule has 1 N–H and O–H groups in total. The van der Waals surface area contributed by atoms with Gasteiger partial charge in [0.15, 0.2) is 0 Å². The van der Waals surface area contributed by atoms with E-state index in [0.29, 0.717) is 22.5 Å². The second kappa shape index (κ2) is 9.14. The molecule has 140 valence electrons. The van der Waals surface area contributed by atoms with Gasteiger partial charge in [-0.25, -0.2) is 8.42 Å². The quantitative estimate of drug-likeness (QED) is 0.675. The van der Waals surface area contributed by atoms with Gasteiger partial charge in [0.05, 0.1) is 11.9 Å². The number of nitrogens with one attached hydrogen (secondary N) is 1. The summed E-state index contributed by atoms with van der Waals surface area (Å²) in [5.74, 6) is 0.551. The summed E-state index contributed by atoms with van der Waals surface area (Å²) in [6, 6.07) is 5.59. The van der Waals surface area contributed by atoms with E-state index < -0.39 is 16.1 Å². The highest BCUT2D eigenvalue weighted by Crippen LogP contribution is 2.29. The third-order valence-electron chi connectivity index (χ3n) is 4.23. The van der Waals surface area contributed by atoms with E-state index in [1.165, 1.54) is 25.7 Å². The number of hydrogen-bond acceptors (Lipinski definition) is 4. The summed E-state index contributed by atoms with van der Waals surface area (Å²) in [5.41, 5.74) is 0.426. The molecular formula is C17H25ClN2O3S2. The SMILES string of the molecule is C[C@@H](C(=O)NCCSC1CCCC1)N(c1ccc(Cl)cc1)S(C)(=O)=O. The van der Waals surface area contributed by atoms with E-state index in [-0.39, 0.29) is 5.91 Å². The van der Waals surface area contributed by atoms with Crippen molar-refractivity contribution in [2.24, 2.45) is 0 Å². The van der Waals surface area contributed by atoms with Crippen LogP contribution in [-0.2, 0) is 14.8 Å². The van der Waals surface area contributed by atoms with Crippen molar-refractivity contribution < 1.29 is 13.2 Å². The molecule has 1 amide bonds. The van der Waals surface area contributed by atoms with Gasteiger partial charge in [-0.05, 0) is 44.0 Å². The van der Waals surface area contributed by atoms with Crippen molar-refractivity contribution in [3.63, 3.8) is 0 Å². The minimum atomic E-state index is -3.59. The van der Waals surface area contributed by atoms with Crippen molar-refractivity contribution in [2.75, 3.05) is 22.9 Å². The van der Waals surface area contributed by atoms with E-state index in [0.717, 1.165) is 16.3 Å². The first-order valence-corrected chi connectivity index (χ1v) is 11.7. The largest absolute Gasteiger partial charge is 0.353 e. The molecule has 2 rings (SSSR count). The molecule has 1 aliphatic carbocycles. The van der Waals surface area contributed by atoms with Crippen molar-refractivity contribution >= 4 is 45.0 Å². The highest BCUT2D eigenvalue weighted by molar-refractivity contribution is 7.99. The van der Waals surface area contributed by atoms with Gasteiger partial charge >= 0.3 is 0 Å². The number of benzene rings is 1. The van der Waals surface area contributed by atoms with Gasteiger partial charge < -0.3 is 5.32 Å². The normalized spacial score (nSPS) is 16.6. The maximum absolute atomic E-state index is 12.4. The van der Waals surface area contributed by atoms with E-state index in [9.17, 15) is 13.2 Å². The fourth-order valence-corrected chi connectivity index (χ4v) is 5.52. The van der Waals surface area contributed by atoms with Crippen LogP contribution < -0.4 is 9.62 Å². The van der Waals surface area contributed by atoms with Gasteiger partial charge in [-0.15, -0.1) is 0 Å². The van der Waals surface area contributed by atoms with Crippen LogP contribution in [0.5, 0.6) is 0 Å². The van der Waals surface area contributed by atoms with E-state index in [1.807, 2.05) is 11.8 Å². The number of hydrogen-bond donors (Lipinski definition) is 1. The molecule has 5 nitrogen and oxygen atoms in total. The second-order valence-electron chi connectivity index (χ2n) is 6.28. The average molecular weight is 405 g/mol. The number of carbonyl (C=O) groups is 1. The topological polar surface area (TPSA) is 66.5 Å². The third kappa shape index (κ3) is 6.08. The van der Waals surface area contributed by atoms with Gasteiger partial charge in [0.25, 0.3) is 0 Å². The summed E-state index contributed by atoms with van der Waals surface area (Å²) in [5, 5.41) is 4.06. The Labute approximate surface area is 159 Å². The number of sulfonamides is 1. The van der Waals surface area contributed by atoms with Crippen molar-refractivity contribution in [2.45, 2.75) is 43.9 Å². The highest BCUT2D eigenvalue weighted by atomic mass is 35.5. The fourth-order valence-electron chi connectivity index (χ4n) is 3.00. The number of halogens is 1. The monoisotopic (exact) mass is 404 g/mol. The van der Waals surface area contributed by atoms with Crippen LogP contribution in [0.15, 0.2) is 24.3 Å². The molecule has 1 fully saturated rings.